The van der Waals surface area contributed by atoms with E-state index in [0.29, 0.717) is 0 Å². The van der Waals surface area contributed by atoms with Crippen LogP contribution in [-0.2, 0) is 0 Å². The smallest absolute Gasteiger partial charge is 0.0745 e. The van der Waals surface area contributed by atoms with Gasteiger partial charge < -0.3 is 0 Å². The Hall–Kier alpha value is -1.38. The third-order valence-electron chi connectivity index (χ3n) is 2.19. The Morgan fingerprint density at radius 3 is 2.85 bits per heavy atom. The number of hydrazone groups is 1. The lowest BCUT2D eigenvalue weighted by Crippen LogP contribution is -1.96. The predicted octanol–water partition coefficient (Wildman–Crippen LogP) is 2.42. The fourth-order valence-corrected chi connectivity index (χ4v) is 1.47. The zero-order valence-corrected chi connectivity index (χ0v) is 7.53. The molecule has 2 rings (SSSR count). The van der Waals surface area contributed by atoms with Gasteiger partial charge >= 0.3 is 0 Å². The van der Waals surface area contributed by atoms with E-state index in [9.17, 15) is 0 Å². The van der Waals surface area contributed by atoms with Crippen LogP contribution in [-0.4, -0.2) is 10.7 Å². The maximum absolute atomic E-state index is 4.32. The van der Waals surface area contributed by atoms with Crippen molar-refractivity contribution in [1.29, 1.82) is 0 Å². The van der Waals surface area contributed by atoms with Crippen LogP contribution in [0.4, 0.5) is 5.69 Å². The van der Waals surface area contributed by atoms with Gasteiger partial charge in [-0.2, -0.15) is 5.10 Å². The van der Waals surface area contributed by atoms with E-state index in [1.54, 1.807) is 12.4 Å². The van der Waals surface area contributed by atoms with Crippen LogP contribution in [0.25, 0.3) is 0 Å². The standard InChI is InChI=1S/C10H13N3/c1-2-5-9(4-1)12-13-10-6-3-7-11-8-10/h3,6-8,13H,1-2,4-5H2. The van der Waals surface area contributed by atoms with Crippen LogP contribution in [0.5, 0.6) is 0 Å². The molecule has 1 aromatic rings. The molecule has 3 nitrogen and oxygen atoms in total. The molecule has 1 saturated carbocycles. The summed E-state index contributed by atoms with van der Waals surface area (Å²) >= 11 is 0. The van der Waals surface area contributed by atoms with Crippen LogP contribution in [0.3, 0.4) is 0 Å². The van der Waals surface area contributed by atoms with Crippen molar-refractivity contribution < 1.29 is 0 Å². The summed E-state index contributed by atoms with van der Waals surface area (Å²) in [6.45, 7) is 0. The fourth-order valence-electron chi connectivity index (χ4n) is 1.47. The first kappa shape index (κ1) is 8.23. The molecule has 68 valence electrons. The van der Waals surface area contributed by atoms with Gasteiger partial charge in [-0.15, -0.1) is 0 Å². The van der Waals surface area contributed by atoms with Crippen molar-refractivity contribution in [2.45, 2.75) is 25.7 Å². The Kier molecular flexibility index (Phi) is 2.55. The minimum absolute atomic E-state index is 0.960. The lowest BCUT2D eigenvalue weighted by atomic mass is 10.3. The van der Waals surface area contributed by atoms with Gasteiger partial charge in [0.1, 0.15) is 0 Å². The molecule has 0 aromatic carbocycles. The highest BCUT2D eigenvalue weighted by atomic mass is 15.3. The molecule has 0 spiro atoms. The molecule has 0 amide bonds. The van der Waals surface area contributed by atoms with Gasteiger partial charge in [-0.05, 0) is 37.8 Å². The molecule has 13 heavy (non-hydrogen) atoms. The van der Waals surface area contributed by atoms with Crippen LogP contribution < -0.4 is 5.43 Å². The maximum Gasteiger partial charge on any atom is 0.0745 e. The van der Waals surface area contributed by atoms with E-state index < -0.39 is 0 Å². The van der Waals surface area contributed by atoms with E-state index in [-0.39, 0.29) is 0 Å². The van der Waals surface area contributed by atoms with Crippen molar-refractivity contribution >= 4 is 11.4 Å². The summed E-state index contributed by atoms with van der Waals surface area (Å²) in [4.78, 5) is 4.00. The molecule has 1 fully saturated rings. The van der Waals surface area contributed by atoms with Gasteiger partial charge in [0, 0.05) is 11.9 Å². The molecule has 1 aliphatic carbocycles. The van der Waals surface area contributed by atoms with Crippen LogP contribution >= 0.6 is 0 Å². The molecule has 0 saturated heterocycles. The maximum atomic E-state index is 4.32. The molecule has 0 radical (unpaired) electrons. The van der Waals surface area contributed by atoms with E-state index in [2.05, 4.69) is 15.5 Å². The van der Waals surface area contributed by atoms with Crippen molar-refractivity contribution in [3.05, 3.63) is 24.5 Å². The molecular weight excluding hydrogens is 162 g/mol. The van der Waals surface area contributed by atoms with Crippen LogP contribution in [0.15, 0.2) is 29.6 Å². The fraction of sp³-hybridized carbons (Fsp3) is 0.400. The molecule has 1 aromatic heterocycles. The molecular formula is C10H13N3. The van der Waals surface area contributed by atoms with Crippen LogP contribution in [0, 0.1) is 0 Å². The van der Waals surface area contributed by atoms with Crippen molar-refractivity contribution in [3.8, 4) is 0 Å². The van der Waals surface area contributed by atoms with Gasteiger partial charge in [0.15, 0.2) is 0 Å². The van der Waals surface area contributed by atoms with E-state index in [1.165, 1.54) is 18.6 Å². The van der Waals surface area contributed by atoms with E-state index >= 15 is 0 Å². The van der Waals surface area contributed by atoms with Gasteiger partial charge in [0.25, 0.3) is 0 Å². The molecule has 0 aliphatic heterocycles. The van der Waals surface area contributed by atoms with Gasteiger partial charge in [0.2, 0.25) is 0 Å². The van der Waals surface area contributed by atoms with Crippen molar-refractivity contribution in [2.24, 2.45) is 5.10 Å². The molecule has 0 unspecified atom stereocenters. The number of nitrogens with one attached hydrogen (secondary N) is 1. The Morgan fingerprint density at radius 2 is 2.15 bits per heavy atom. The first-order valence-electron chi connectivity index (χ1n) is 4.66. The largest absolute Gasteiger partial charge is 0.277 e. The Labute approximate surface area is 77.9 Å². The minimum Gasteiger partial charge on any atom is -0.277 e. The lowest BCUT2D eigenvalue weighted by Gasteiger charge is -1.99. The first-order chi connectivity index (χ1) is 6.45. The Bertz CT molecular complexity index is 284. The predicted molar refractivity (Wildman–Crippen MR) is 53.8 cm³/mol. The Balaban J connectivity index is 1.95. The second-order valence-electron chi connectivity index (χ2n) is 3.24. The molecule has 1 heterocycles. The Morgan fingerprint density at radius 1 is 1.31 bits per heavy atom. The van der Waals surface area contributed by atoms with Crippen molar-refractivity contribution in [1.82, 2.24) is 4.98 Å². The van der Waals surface area contributed by atoms with E-state index in [4.69, 9.17) is 0 Å². The second-order valence-corrected chi connectivity index (χ2v) is 3.24. The summed E-state index contributed by atoms with van der Waals surface area (Å²) in [5.74, 6) is 0. The highest BCUT2D eigenvalue weighted by molar-refractivity contribution is 5.86. The highest BCUT2D eigenvalue weighted by Gasteiger charge is 2.07. The minimum atomic E-state index is 0.960. The molecule has 0 bridgehead atoms. The number of rotatable bonds is 2. The third-order valence-corrected chi connectivity index (χ3v) is 2.19. The normalized spacial score (nSPS) is 15.8. The van der Waals surface area contributed by atoms with Crippen molar-refractivity contribution in [2.75, 3.05) is 5.43 Å². The summed E-state index contributed by atoms with van der Waals surface area (Å²) in [6, 6.07) is 3.86. The molecule has 1 N–H and O–H groups in total. The summed E-state index contributed by atoms with van der Waals surface area (Å²) in [5, 5.41) is 4.32. The SMILES string of the molecule is c1cncc(NN=C2CCCC2)c1. The number of aromatic nitrogens is 1. The number of pyridine rings is 1. The van der Waals surface area contributed by atoms with Gasteiger partial charge in [-0.1, -0.05) is 0 Å². The van der Waals surface area contributed by atoms with Crippen molar-refractivity contribution in [3.63, 3.8) is 0 Å². The summed E-state index contributed by atoms with van der Waals surface area (Å²) in [5.41, 5.74) is 5.25. The topological polar surface area (TPSA) is 37.3 Å². The number of nitrogens with zero attached hydrogens (tertiary/aromatic N) is 2. The first-order valence-corrected chi connectivity index (χ1v) is 4.66. The van der Waals surface area contributed by atoms with Gasteiger partial charge in [-0.25, -0.2) is 0 Å². The average Bonchev–Trinajstić information content (AvgIpc) is 2.69. The summed E-state index contributed by atoms with van der Waals surface area (Å²) < 4.78 is 0. The zero-order valence-electron chi connectivity index (χ0n) is 7.53. The molecule has 1 aliphatic rings. The summed E-state index contributed by atoms with van der Waals surface area (Å²) in [6.07, 6.45) is 8.40. The van der Waals surface area contributed by atoms with E-state index in [0.717, 1.165) is 18.5 Å². The van der Waals surface area contributed by atoms with E-state index in [1.807, 2.05) is 12.1 Å². The molecule has 3 heteroatoms. The monoisotopic (exact) mass is 175 g/mol. The number of anilines is 1. The third kappa shape index (κ3) is 2.28. The highest BCUT2D eigenvalue weighted by Crippen LogP contribution is 2.15. The second kappa shape index (κ2) is 4.03. The van der Waals surface area contributed by atoms with Crippen LogP contribution in [0.2, 0.25) is 0 Å². The zero-order chi connectivity index (χ0) is 8.93. The quantitative estimate of drug-likeness (QED) is 0.701. The van der Waals surface area contributed by atoms with Gasteiger partial charge in [-0.3, -0.25) is 10.4 Å². The van der Waals surface area contributed by atoms with Crippen LogP contribution in [0.1, 0.15) is 25.7 Å². The molecule has 0 atom stereocenters. The number of hydrogen-bond acceptors (Lipinski definition) is 3. The lowest BCUT2D eigenvalue weighted by molar-refractivity contribution is 0.886. The average molecular weight is 175 g/mol. The number of hydrogen-bond donors (Lipinski definition) is 1. The summed E-state index contributed by atoms with van der Waals surface area (Å²) in [7, 11) is 0. The van der Waals surface area contributed by atoms with Gasteiger partial charge in [0.05, 0.1) is 11.9 Å².